The van der Waals surface area contributed by atoms with E-state index in [1.54, 1.807) is 6.92 Å². The number of ether oxygens (including phenoxy) is 1. The maximum Gasteiger partial charge on any atom is 0.239 e. The summed E-state index contributed by atoms with van der Waals surface area (Å²) in [5.41, 5.74) is 0. The van der Waals surface area contributed by atoms with Crippen molar-refractivity contribution in [1.82, 2.24) is 9.80 Å². The Morgan fingerprint density at radius 1 is 1.11 bits per heavy atom. The largest absolute Gasteiger partial charge is 0.378 e. The zero-order valence-corrected chi connectivity index (χ0v) is 11.9. The van der Waals surface area contributed by atoms with Crippen molar-refractivity contribution in [2.24, 2.45) is 5.92 Å². The molecule has 0 N–H and O–H groups in total. The Balaban J connectivity index is 1.84. The van der Waals surface area contributed by atoms with Crippen molar-refractivity contribution >= 4 is 11.7 Å². The van der Waals surface area contributed by atoms with Gasteiger partial charge in [0.25, 0.3) is 0 Å². The summed E-state index contributed by atoms with van der Waals surface area (Å²) in [5.74, 6) is 0.679. The minimum Gasteiger partial charge on any atom is -0.378 e. The molecule has 5 heteroatoms. The summed E-state index contributed by atoms with van der Waals surface area (Å²) in [6, 6.07) is -0.0778. The van der Waals surface area contributed by atoms with Crippen molar-refractivity contribution in [3.63, 3.8) is 0 Å². The lowest BCUT2D eigenvalue weighted by molar-refractivity contribution is -0.141. The first kappa shape index (κ1) is 14.5. The second-order valence-electron chi connectivity index (χ2n) is 5.53. The van der Waals surface area contributed by atoms with Crippen LogP contribution in [0.4, 0.5) is 0 Å². The van der Waals surface area contributed by atoms with Crippen LogP contribution < -0.4 is 0 Å². The average Bonchev–Trinajstić information content (AvgIpc) is 2.46. The van der Waals surface area contributed by atoms with Gasteiger partial charge in [-0.3, -0.25) is 14.5 Å². The summed E-state index contributed by atoms with van der Waals surface area (Å²) in [4.78, 5) is 27.8. The Morgan fingerprint density at radius 2 is 1.68 bits per heavy atom. The Kier molecular flexibility index (Phi) is 4.93. The molecule has 2 aliphatic rings. The summed E-state index contributed by atoms with van der Waals surface area (Å²) in [6.45, 7) is 8.04. The van der Waals surface area contributed by atoms with Gasteiger partial charge in [-0.1, -0.05) is 0 Å². The Morgan fingerprint density at radius 3 is 2.21 bits per heavy atom. The molecule has 1 atom stereocenters. The van der Waals surface area contributed by atoms with Gasteiger partial charge in [-0.25, -0.2) is 0 Å². The van der Waals surface area contributed by atoms with E-state index in [-0.39, 0.29) is 23.7 Å². The molecule has 5 nitrogen and oxygen atoms in total. The number of carbonyl (C=O) groups excluding carboxylic acids is 2. The third-order valence-corrected chi connectivity index (χ3v) is 4.33. The van der Waals surface area contributed by atoms with Crippen LogP contribution in [0.5, 0.6) is 0 Å². The molecular weight excluding hydrogens is 244 g/mol. The van der Waals surface area contributed by atoms with E-state index >= 15 is 0 Å². The van der Waals surface area contributed by atoms with Crippen LogP contribution >= 0.6 is 0 Å². The van der Waals surface area contributed by atoms with Crippen LogP contribution in [0.2, 0.25) is 0 Å². The van der Waals surface area contributed by atoms with Gasteiger partial charge >= 0.3 is 0 Å². The molecule has 0 aromatic rings. The molecule has 2 aliphatic heterocycles. The molecule has 2 rings (SSSR count). The lowest BCUT2D eigenvalue weighted by atomic mass is 9.92. The van der Waals surface area contributed by atoms with Crippen LogP contribution in [-0.4, -0.2) is 66.9 Å². The van der Waals surface area contributed by atoms with E-state index in [4.69, 9.17) is 4.74 Å². The zero-order valence-electron chi connectivity index (χ0n) is 11.9. The number of hydrogen-bond donors (Lipinski definition) is 0. The maximum atomic E-state index is 12.4. The predicted octanol–water partition coefficient (Wildman–Crippen LogP) is 0.535. The molecule has 1 amide bonds. The van der Waals surface area contributed by atoms with Gasteiger partial charge in [0.1, 0.15) is 5.78 Å². The van der Waals surface area contributed by atoms with E-state index in [0.717, 1.165) is 25.9 Å². The van der Waals surface area contributed by atoms with Crippen LogP contribution in [0.15, 0.2) is 0 Å². The van der Waals surface area contributed by atoms with Crippen molar-refractivity contribution in [3.8, 4) is 0 Å². The van der Waals surface area contributed by atoms with Crippen molar-refractivity contribution in [1.29, 1.82) is 0 Å². The number of rotatable bonds is 3. The molecule has 0 bridgehead atoms. The van der Waals surface area contributed by atoms with Gasteiger partial charge in [-0.2, -0.15) is 0 Å². The lowest BCUT2D eigenvalue weighted by Gasteiger charge is -2.37. The summed E-state index contributed by atoms with van der Waals surface area (Å²) >= 11 is 0. The van der Waals surface area contributed by atoms with Crippen LogP contribution in [0, 0.1) is 5.92 Å². The lowest BCUT2D eigenvalue weighted by Crippen LogP contribution is -2.52. The second kappa shape index (κ2) is 6.48. The first-order chi connectivity index (χ1) is 9.09. The predicted molar refractivity (Wildman–Crippen MR) is 71.8 cm³/mol. The van der Waals surface area contributed by atoms with Gasteiger partial charge in [-0.05, 0) is 39.8 Å². The normalized spacial score (nSPS) is 24.2. The molecule has 108 valence electrons. The third-order valence-electron chi connectivity index (χ3n) is 4.33. The molecule has 2 fully saturated rings. The van der Waals surface area contributed by atoms with E-state index in [9.17, 15) is 9.59 Å². The standard InChI is InChI=1S/C14H24N2O3/c1-11(14(18)16-7-9-19-10-8-16)15-5-3-13(4-6-15)12(2)17/h11,13H,3-10H2,1-2H3. The molecule has 0 aliphatic carbocycles. The van der Waals surface area contributed by atoms with E-state index < -0.39 is 0 Å². The SMILES string of the molecule is CC(=O)C1CCN(C(C)C(=O)N2CCOCC2)CC1. The van der Waals surface area contributed by atoms with Crippen molar-refractivity contribution in [2.75, 3.05) is 39.4 Å². The maximum absolute atomic E-state index is 12.4. The highest BCUT2D eigenvalue weighted by atomic mass is 16.5. The minimum atomic E-state index is -0.0778. The quantitative estimate of drug-likeness (QED) is 0.749. The number of ketones is 1. The molecule has 0 radical (unpaired) electrons. The van der Waals surface area contributed by atoms with Gasteiger partial charge in [0.2, 0.25) is 5.91 Å². The molecule has 0 saturated carbocycles. The fourth-order valence-electron chi connectivity index (χ4n) is 2.90. The molecule has 2 heterocycles. The molecule has 0 aromatic carbocycles. The molecule has 2 saturated heterocycles. The second-order valence-corrected chi connectivity index (χ2v) is 5.53. The summed E-state index contributed by atoms with van der Waals surface area (Å²) < 4.78 is 5.27. The topological polar surface area (TPSA) is 49.9 Å². The highest BCUT2D eigenvalue weighted by molar-refractivity contribution is 5.82. The van der Waals surface area contributed by atoms with Crippen molar-refractivity contribution in [2.45, 2.75) is 32.7 Å². The van der Waals surface area contributed by atoms with E-state index in [1.165, 1.54) is 0 Å². The van der Waals surface area contributed by atoms with Gasteiger partial charge < -0.3 is 9.64 Å². The van der Waals surface area contributed by atoms with Gasteiger partial charge in [0.15, 0.2) is 0 Å². The van der Waals surface area contributed by atoms with Gasteiger partial charge in [0, 0.05) is 19.0 Å². The Bertz CT molecular complexity index is 332. The first-order valence-corrected chi connectivity index (χ1v) is 7.20. The molecule has 19 heavy (non-hydrogen) atoms. The van der Waals surface area contributed by atoms with Gasteiger partial charge in [-0.15, -0.1) is 0 Å². The molecule has 1 unspecified atom stereocenters. The Labute approximate surface area is 114 Å². The molecule has 0 aromatic heterocycles. The monoisotopic (exact) mass is 268 g/mol. The average molecular weight is 268 g/mol. The van der Waals surface area contributed by atoms with Crippen molar-refractivity contribution in [3.05, 3.63) is 0 Å². The fraction of sp³-hybridized carbons (Fsp3) is 0.857. The zero-order chi connectivity index (χ0) is 13.8. The summed E-state index contributed by atoms with van der Waals surface area (Å²) in [5, 5.41) is 0. The van der Waals surface area contributed by atoms with E-state index in [2.05, 4.69) is 4.90 Å². The van der Waals surface area contributed by atoms with Crippen LogP contribution in [0.3, 0.4) is 0 Å². The number of hydrogen-bond acceptors (Lipinski definition) is 4. The fourth-order valence-corrected chi connectivity index (χ4v) is 2.90. The number of nitrogens with zero attached hydrogens (tertiary/aromatic N) is 2. The number of morpholine rings is 1. The highest BCUT2D eigenvalue weighted by Crippen LogP contribution is 2.20. The van der Waals surface area contributed by atoms with Crippen LogP contribution in [0.25, 0.3) is 0 Å². The smallest absolute Gasteiger partial charge is 0.239 e. The highest BCUT2D eigenvalue weighted by Gasteiger charge is 2.30. The van der Waals surface area contributed by atoms with Crippen molar-refractivity contribution < 1.29 is 14.3 Å². The number of likely N-dealkylation sites (tertiary alicyclic amines) is 1. The van der Waals surface area contributed by atoms with E-state index in [1.807, 2.05) is 11.8 Å². The number of carbonyl (C=O) groups is 2. The molecule has 0 spiro atoms. The number of amides is 1. The summed E-state index contributed by atoms with van der Waals surface area (Å²) in [6.07, 6.45) is 1.77. The van der Waals surface area contributed by atoms with Crippen LogP contribution in [0.1, 0.15) is 26.7 Å². The first-order valence-electron chi connectivity index (χ1n) is 7.20. The number of piperidine rings is 1. The Hall–Kier alpha value is -0.940. The van der Waals surface area contributed by atoms with E-state index in [0.29, 0.717) is 26.3 Å². The van der Waals surface area contributed by atoms with Gasteiger partial charge in [0.05, 0.1) is 19.3 Å². The number of Topliss-reactive ketones (excluding diaryl/α,β-unsaturated/α-hetero) is 1. The molecular formula is C14H24N2O3. The third kappa shape index (κ3) is 3.54. The van der Waals surface area contributed by atoms with Crippen LogP contribution in [-0.2, 0) is 14.3 Å². The summed E-state index contributed by atoms with van der Waals surface area (Å²) in [7, 11) is 0. The minimum absolute atomic E-state index is 0.0778.